The van der Waals surface area contributed by atoms with E-state index < -0.39 is 5.97 Å². The standard InChI is InChI=1S/C16H20N2O4/c19-14(10-12-4-2-1-3-5-12)17-9-8-15(20)18(11-16(21)22)13-6-7-13/h1-5,13H,6-11H2,(H,17,19)(H,21,22). The highest BCUT2D eigenvalue weighted by molar-refractivity contribution is 5.83. The van der Waals surface area contributed by atoms with Crippen LogP contribution >= 0.6 is 0 Å². The van der Waals surface area contributed by atoms with Gasteiger partial charge in [-0.1, -0.05) is 30.3 Å². The van der Waals surface area contributed by atoms with Gasteiger partial charge in [0.2, 0.25) is 11.8 Å². The predicted molar refractivity (Wildman–Crippen MR) is 80.1 cm³/mol. The Bertz CT molecular complexity index is 540. The summed E-state index contributed by atoms with van der Waals surface area (Å²) in [5.74, 6) is -1.37. The van der Waals surface area contributed by atoms with Crippen molar-refractivity contribution in [1.29, 1.82) is 0 Å². The molecule has 1 aliphatic carbocycles. The number of amides is 2. The van der Waals surface area contributed by atoms with E-state index in [1.807, 2.05) is 30.3 Å². The van der Waals surface area contributed by atoms with Crippen LogP contribution in [0.4, 0.5) is 0 Å². The molecule has 2 amide bonds. The maximum absolute atomic E-state index is 12.0. The lowest BCUT2D eigenvalue weighted by molar-refractivity contribution is -0.145. The van der Waals surface area contributed by atoms with Crippen molar-refractivity contribution in [2.24, 2.45) is 0 Å². The molecular formula is C16H20N2O4. The lowest BCUT2D eigenvalue weighted by Crippen LogP contribution is -2.39. The second kappa shape index (κ2) is 7.59. The summed E-state index contributed by atoms with van der Waals surface area (Å²) in [4.78, 5) is 35.9. The van der Waals surface area contributed by atoms with Crippen LogP contribution in [-0.2, 0) is 20.8 Å². The van der Waals surface area contributed by atoms with E-state index in [2.05, 4.69) is 5.32 Å². The summed E-state index contributed by atoms with van der Waals surface area (Å²) < 4.78 is 0. The summed E-state index contributed by atoms with van der Waals surface area (Å²) in [5, 5.41) is 11.5. The third-order valence-electron chi connectivity index (χ3n) is 3.48. The van der Waals surface area contributed by atoms with Gasteiger partial charge < -0.3 is 15.3 Å². The van der Waals surface area contributed by atoms with Crippen LogP contribution < -0.4 is 5.32 Å². The van der Waals surface area contributed by atoms with Crippen molar-refractivity contribution >= 4 is 17.8 Å². The van der Waals surface area contributed by atoms with Gasteiger partial charge in [0, 0.05) is 19.0 Å². The van der Waals surface area contributed by atoms with Crippen LogP contribution in [0.2, 0.25) is 0 Å². The van der Waals surface area contributed by atoms with Crippen molar-refractivity contribution in [3.05, 3.63) is 35.9 Å². The summed E-state index contributed by atoms with van der Waals surface area (Å²) >= 11 is 0. The molecule has 0 atom stereocenters. The average molecular weight is 304 g/mol. The summed E-state index contributed by atoms with van der Waals surface area (Å²) in [6.45, 7) is -0.0329. The fraction of sp³-hybridized carbons (Fsp3) is 0.438. The third-order valence-corrected chi connectivity index (χ3v) is 3.48. The van der Waals surface area contributed by atoms with Crippen molar-refractivity contribution in [2.45, 2.75) is 31.7 Å². The number of benzene rings is 1. The van der Waals surface area contributed by atoms with E-state index in [0.29, 0.717) is 0 Å². The Labute approximate surface area is 129 Å². The van der Waals surface area contributed by atoms with Crippen molar-refractivity contribution in [2.75, 3.05) is 13.1 Å². The molecule has 0 heterocycles. The average Bonchev–Trinajstić information content (AvgIpc) is 3.30. The molecule has 0 saturated heterocycles. The highest BCUT2D eigenvalue weighted by Crippen LogP contribution is 2.27. The molecule has 118 valence electrons. The first kappa shape index (κ1) is 16.0. The minimum atomic E-state index is -1.01. The number of carboxylic acid groups (broad SMARTS) is 1. The molecule has 1 aromatic carbocycles. The summed E-state index contributed by atoms with van der Waals surface area (Å²) in [7, 11) is 0. The van der Waals surface area contributed by atoms with Crippen LogP contribution in [0.1, 0.15) is 24.8 Å². The minimum absolute atomic E-state index is 0.0589. The Balaban J connectivity index is 1.71. The van der Waals surface area contributed by atoms with Gasteiger partial charge in [-0.3, -0.25) is 14.4 Å². The first-order valence-electron chi connectivity index (χ1n) is 7.38. The van der Waals surface area contributed by atoms with Gasteiger partial charge in [0.05, 0.1) is 6.42 Å². The SMILES string of the molecule is O=C(O)CN(C(=O)CCNC(=O)Cc1ccccc1)C1CC1. The van der Waals surface area contributed by atoms with E-state index in [0.717, 1.165) is 18.4 Å². The Hall–Kier alpha value is -2.37. The Morgan fingerprint density at radius 1 is 1.18 bits per heavy atom. The second-order valence-electron chi connectivity index (χ2n) is 5.41. The van der Waals surface area contributed by atoms with Gasteiger partial charge in [-0.15, -0.1) is 0 Å². The maximum Gasteiger partial charge on any atom is 0.323 e. The van der Waals surface area contributed by atoms with Crippen LogP contribution in [0, 0.1) is 0 Å². The van der Waals surface area contributed by atoms with Crippen LogP contribution in [0.25, 0.3) is 0 Å². The highest BCUT2D eigenvalue weighted by Gasteiger charge is 2.33. The summed E-state index contributed by atoms with van der Waals surface area (Å²) in [6, 6.07) is 9.41. The predicted octanol–water partition coefficient (Wildman–Crippen LogP) is 0.811. The number of carbonyl (C=O) groups excluding carboxylic acids is 2. The molecule has 2 rings (SSSR count). The molecule has 0 bridgehead atoms. The number of rotatable bonds is 8. The lowest BCUT2D eigenvalue weighted by Gasteiger charge is -2.20. The van der Waals surface area contributed by atoms with E-state index in [-0.39, 0.29) is 43.8 Å². The molecule has 6 nitrogen and oxygen atoms in total. The van der Waals surface area contributed by atoms with Crippen molar-refractivity contribution in [3.8, 4) is 0 Å². The molecule has 1 saturated carbocycles. The number of nitrogens with one attached hydrogen (secondary N) is 1. The summed E-state index contributed by atoms with van der Waals surface area (Å²) in [5.41, 5.74) is 0.914. The first-order valence-corrected chi connectivity index (χ1v) is 7.38. The smallest absolute Gasteiger partial charge is 0.323 e. The topological polar surface area (TPSA) is 86.7 Å². The maximum atomic E-state index is 12.0. The van der Waals surface area contributed by atoms with Gasteiger partial charge in [-0.25, -0.2) is 0 Å². The molecule has 2 N–H and O–H groups in total. The minimum Gasteiger partial charge on any atom is -0.480 e. The van der Waals surface area contributed by atoms with Crippen molar-refractivity contribution < 1.29 is 19.5 Å². The Morgan fingerprint density at radius 2 is 1.86 bits per heavy atom. The highest BCUT2D eigenvalue weighted by atomic mass is 16.4. The molecule has 0 spiro atoms. The van der Waals surface area contributed by atoms with Gasteiger partial charge in [0.1, 0.15) is 6.54 Å². The fourth-order valence-corrected chi connectivity index (χ4v) is 2.25. The summed E-state index contributed by atoms with van der Waals surface area (Å²) in [6.07, 6.45) is 2.12. The van der Waals surface area contributed by atoms with Gasteiger partial charge in [-0.05, 0) is 18.4 Å². The van der Waals surface area contributed by atoms with Crippen LogP contribution in [-0.4, -0.2) is 46.9 Å². The molecule has 0 aromatic heterocycles. The Morgan fingerprint density at radius 3 is 2.45 bits per heavy atom. The molecule has 6 heteroatoms. The molecule has 1 fully saturated rings. The number of hydrogen-bond donors (Lipinski definition) is 2. The van der Waals surface area contributed by atoms with Gasteiger partial charge in [0.25, 0.3) is 0 Å². The van der Waals surface area contributed by atoms with Crippen LogP contribution in [0.15, 0.2) is 30.3 Å². The molecule has 0 aliphatic heterocycles. The molecule has 0 radical (unpaired) electrons. The molecular weight excluding hydrogens is 284 g/mol. The monoisotopic (exact) mass is 304 g/mol. The van der Waals surface area contributed by atoms with Gasteiger partial charge in [0.15, 0.2) is 0 Å². The van der Waals surface area contributed by atoms with Gasteiger partial charge in [-0.2, -0.15) is 0 Å². The quantitative estimate of drug-likeness (QED) is 0.744. The van der Waals surface area contributed by atoms with Crippen molar-refractivity contribution in [1.82, 2.24) is 10.2 Å². The Kier molecular flexibility index (Phi) is 5.52. The van der Waals surface area contributed by atoms with Gasteiger partial charge >= 0.3 is 5.97 Å². The zero-order valence-corrected chi connectivity index (χ0v) is 12.3. The first-order chi connectivity index (χ1) is 10.6. The van der Waals surface area contributed by atoms with E-state index in [4.69, 9.17) is 5.11 Å². The second-order valence-corrected chi connectivity index (χ2v) is 5.41. The van der Waals surface area contributed by atoms with Crippen LogP contribution in [0.3, 0.4) is 0 Å². The normalized spacial score (nSPS) is 13.5. The lowest BCUT2D eigenvalue weighted by atomic mass is 10.1. The zero-order valence-electron chi connectivity index (χ0n) is 12.3. The molecule has 22 heavy (non-hydrogen) atoms. The number of carboxylic acids is 1. The molecule has 0 unspecified atom stereocenters. The molecule has 1 aliphatic rings. The zero-order chi connectivity index (χ0) is 15.9. The van der Waals surface area contributed by atoms with Crippen LogP contribution in [0.5, 0.6) is 0 Å². The number of nitrogens with zero attached hydrogens (tertiary/aromatic N) is 1. The van der Waals surface area contributed by atoms with E-state index in [1.165, 1.54) is 4.90 Å². The third kappa shape index (κ3) is 5.20. The fourth-order valence-electron chi connectivity index (χ4n) is 2.25. The number of carbonyl (C=O) groups is 3. The largest absolute Gasteiger partial charge is 0.480 e. The van der Waals surface area contributed by atoms with E-state index >= 15 is 0 Å². The number of aliphatic carboxylic acids is 1. The molecule has 1 aromatic rings. The van der Waals surface area contributed by atoms with Crippen molar-refractivity contribution in [3.63, 3.8) is 0 Å². The van der Waals surface area contributed by atoms with E-state index in [9.17, 15) is 14.4 Å². The number of hydrogen-bond acceptors (Lipinski definition) is 3. The van der Waals surface area contributed by atoms with E-state index in [1.54, 1.807) is 0 Å².